The maximum absolute atomic E-state index is 12.2. The maximum atomic E-state index is 12.2. The van der Waals surface area contributed by atoms with Crippen molar-refractivity contribution in [1.82, 2.24) is 0 Å². The second kappa shape index (κ2) is 17.0. The van der Waals surface area contributed by atoms with Gasteiger partial charge in [0.1, 0.15) is 5.66 Å². The van der Waals surface area contributed by atoms with Gasteiger partial charge in [0.15, 0.2) is 5.78 Å². The minimum Gasteiger partial charge on any atom is -0.307 e. The Morgan fingerprint density at radius 3 is 1.40 bits per heavy atom. The zero-order valence-corrected chi connectivity index (χ0v) is 17.3. The van der Waals surface area contributed by atoms with Crippen LogP contribution in [0, 0.1) is 0 Å². The first-order chi connectivity index (χ1) is 12.0. The first-order valence-electron chi connectivity index (χ1n) is 11.2. The van der Waals surface area contributed by atoms with E-state index in [1.54, 1.807) is 0 Å². The summed E-state index contributed by atoms with van der Waals surface area (Å²) in [6.45, 7) is 4.48. The fourth-order valence-corrected chi connectivity index (χ4v) is 3.34. The number of carbonyl (C=O) groups is 1. The van der Waals surface area contributed by atoms with Crippen LogP contribution in [0.5, 0.6) is 0 Å². The van der Waals surface area contributed by atoms with E-state index in [1.807, 2.05) is 0 Å². The number of Topliss-reactive ketones (excluding diaryl/α,β-unsaturated/α-hetero) is 1. The van der Waals surface area contributed by atoms with Gasteiger partial charge < -0.3 is 11.5 Å². The van der Waals surface area contributed by atoms with Crippen LogP contribution in [0.3, 0.4) is 0 Å². The van der Waals surface area contributed by atoms with Gasteiger partial charge in [-0.25, -0.2) is 0 Å². The average Bonchev–Trinajstić information content (AvgIpc) is 2.59. The van der Waals surface area contributed by atoms with Gasteiger partial charge in [0.25, 0.3) is 0 Å². The molecule has 0 radical (unpaired) electrons. The molecule has 0 atom stereocenters. The predicted molar refractivity (Wildman–Crippen MR) is 111 cm³/mol. The quantitative estimate of drug-likeness (QED) is 0.213. The number of carbonyl (C=O) groups excluding carboxylic acids is 1. The number of nitrogens with two attached hydrogens (primary N) is 2. The molecule has 0 unspecified atom stereocenters. The summed E-state index contributed by atoms with van der Waals surface area (Å²) < 4.78 is 0. The van der Waals surface area contributed by atoms with E-state index >= 15 is 0 Å². The van der Waals surface area contributed by atoms with Crippen molar-refractivity contribution in [2.24, 2.45) is 11.5 Å². The maximum Gasteiger partial charge on any atom is 0.166 e. The monoisotopic (exact) mass is 354 g/mol. The van der Waals surface area contributed by atoms with Gasteiger partial charge in [0.2, 0.25) is 0 Å². The Bertz CT molecular complexity index is 302. The van der Waals surface area contributed by atoms with Gasteiger partial charge in [-0.05, 0) is 19.3 Å². The van der Waals surface area contributed by atoms with Crippen LogP contribution in [0.2, 0.25) is 0 Å². The van der Waals surface area contributed by atoms with Gasteiger partial charge in [-0.1, -0.05) is 104 Å². The third kappa shape index (κ3) is 15.6. The molecule has 0 amide bonds. The highest BCUT2D eigenvalue weighted by atomic mass is 16.1. The van der Waals surface area contributed by atoms with Gasteiger partial charge in [-0.15, -0.1) is 0 Å². The number of ketones is 1. The zero-order valence-electron chi connectivity index (χ0n) is 17.3. The largest absolute Gasteiger partial charge is 0.307 e. The van der Waals surface area contributed by atoms with Gasteiger partial charge >= 0.3 is 0 Å². The molecule has 0 saturated carbocycles. The fourth-order valence-electron chi connectivity index (χ4n) is 3.34. The lowest BCUT2D eigenvalue weighted by molar-refractivity contribution is -0.124. The molecule has 0 saturated heterocycles. The molecular weight excluding hydrogens is 308 g/mol. The zero-order chi connectivity index (χ0) is 18.8. The Labute approximate surface area is 157 Å². The average molecular weight is 355 g/mol. The van der Waals surface area contributed by atoms with Crippen molar-refractivity contribution in [2.75, 3.05) is 0 Å². The van der Waals surface area contributed by atoms with Crippen LogP contribution < -0.4 is 11.5 Å². The van der Waals surface area contributed by atoms with Crippen molar-refractivity contribution < 1.29 is 4.79 Å². The summed E-state index contributed by atoms with van der Waals surface area (Å²) >= 11 is 0. The smallest absolute Gasteiger partial charge is 0.166 e. The molecule has 0 rings (SSSR count). The molecule has 0 aromatic carbocycles. The van der Waals surface area contributed by atoms with Crippen LogP contribution in [0.25, 0.3) is 0 Å². The molecule has 0 aromatic heterocycles. The lowest BCUT2D eigenvalue weighted by Crippen LogP contribution is -2.56. The second-order valence-corrected chi connectivity index (χ2v) is 7.91. The SMILES string of the molecule is CCCCCCCCCCCC(=O)C(N)(N)CCCCCCCCC. The highest BCUT2D eigenvalue weighted by molar-refractivity contribution is 5.87. The van der Waals surface area contributed by atoms with E-state index < -0.39 is 5.66 Å². The third-order valence-electron chi connectivity index (χ3n) is 5.22. The van der Waals surface area contributed by atoms with E-state index in [-0.39, 0.29) is 5.78 Å². The Balaban J connectivity index is 3.55. The highest BCUT2D eigenvalue weighted by Crippen LogP contribution is 2.16. The Kier molecular flexibility index (Phi) is 16.7. The molecule has 3 heteroatoms. The molecule has 0 aromatic rings. The van der Waals surface area contributed by atoms with E-state index in [2.05, 4.69) is 13.8 Å². The van der Waals surface area contributed by atoms with Crippen LogP contribution in [0.15, 0.2) is 0 Å². The summed E-state index contributed by atoms with van der Waals surface area (Å²) in [6, 6.07) is 0. The van der Waals surface area contributed by atoms with Gasteiger partial charge in [0.05, 0.1) is 0 Å². The van der Waals surface area contributed by atoms with E-state index in [1.165, 1.54) is 77.0 Å². The molecule has 0 fully saturated rings. The summed E-state index contributed by atoms with van der Waals surface area (Å²) in [4.78, 5) is 12.2. The number of rotatable bonds is 19. The Morgan fingerprint density at radius 1 is 0.600 bits per heavy atom. The van der Waals surface area contributed by atoms with Gasteiger partial charge in [-0.2, -0.15) is 0 Å². The number of unbranched alkanes of at least 4 members (excludes halogenated alkanes) is 14. The van der Waals surface area contributed by atoms with Crippen LogP contribution in [-0.4, -0.2) is 11.4 Å². The predicted octanol–water partition coefficient (Wildman–Crippen LogP) is 6.23. The van der Waals surface area contributed by atoms with Crippen LogP contribution in [0.4, 0.5) is 0 Å². The summed E-state index contributed by atoms with van der Waals surface area (Å²) in [6.07, 6.45) is 21.1. The summed E-state index contributed by atoms with van der Waals surface area (Å²) in [5.41, 5.74) is 11.0. The molecule has 150 valence electrons. The first kappa shape index (κ1) is 24.6. The lowest BCUT2D eigenvalue weighted by Gasteiger charge is -2.23. The summed E-state index contributed by atoms with van der Waals surface area (Å²) in [5.74, 6) is 0.0569. The van der Waals surface area contributed by atoms with Crippen LogP contribution in [0.1, 0.15) is 129 Å². The van der Waals surface area contributed by atoms with E-state index in [0.29, 0.717) is 12.8 Å². The molecule has 0 bridgehead atoms. The van der Waals surface area contributed by atoms with Crippen molar-refractivity contribution in [3.05, 3.63) is 0 Å². The molecule has 25 heavy (non-hydrogen) atoms. The molecule has 0 aliphatic carbocycles. The molecule has 4 N–H and O–H groups in total. The fraction of sp³-hybridized carbons (Fsp3) is 0.955. The standard InChI is InChI=1S/C22H46N2O/c1-3-5-7-9-11-12-13-15-17-19-21(25)22(23,24)20-18-16-14-10-8-6-4-2/h3-20,23-24H2,1-2H3. The summed E-state index contributed by atoms with van der Waals surface area (Å²) in [7, 11) is 0. The molecule has 3 nitrogen and oxygen atoms in total. The van der Waals surface area contributed by atoms with Crippen molar-refractivity contribution >= 4 is 5.78 Å². The first-order valence-corrected chi connectivity index (χ1v) is 11.2. The number of hydrogen-bond acceptors (Lipinski definition) is 3. The third-order valence-corrected chi connectivity index (χ3v) is 5.22. The minimum absolute atomic E-state index is 0.0569. The molecule has 0 aliphatic heterocycles. The minimum atomic E-state index is -1.09. The van der Waals surface area contributed by atoms with E-state index in [9.17, 15) is 4.79 Å². The summed E-state index contributed by atoms with van der Waals surface area (Å²) in [5, 5.41) is 0. The molecular formula is C22H46N2O. The van der Waals surface area contributed by atoms with E-state index in [0.717, 1.165) is 25.7 Å². The number of hydrogen-bond donors (Lipinski definition) is 2. The van der Waals surface area contributed by atoms with Crippen molar-refractivity contribution in [2.45, 2.75) is 135 Å². The lowest BCUT2D eigenvalue weighted by atomic mass is 9.94. The molecule has 0 spiro atoms. The Hall–Kier alpha value is -0.410. The molecule has 0 heterocycles. The van der Waals surface area contributed by atoms with Crippen LogP contribution >= 0.6 is 0 Å². The van der Waals surface area contributed by atoms with Gasteiger partial charge in [-0.3, -0.25) is 4.79 Å². The highest BCUT2D eigenvalue weighted by Gasteiger charge is 2.27. The van der Waals surface area contributed by atoms with E-state index in [4.69, 9.17) is 11.5 Å². The normalized spacial score (nSPS) is 11.8. The topological polar surface area (TPSA) is 69.1 Å². The molecule has 0 aliphatic rings. The van der Waals surface area contributed by atoms with Gasteiger partial charge in [0, 0.05) is 6.42 Å². The van der Waals surface area contributed by atoms with Crippen molar-refractivity contribution in [3.8, 4) is 0 Å². The van der Waals surface area contributed by atoms with Crippen molar-refractivity contribution in [3.63, 3.8) is 0 Å². The van der Waals surface area contributed by atoms with Crippen LogP contribution in [-0.2, 0) is 4.79 Å². The Morgan fingerprint density at radius 2 is 0.960 bits per heavy atom. The second-order valence-electron chi connectivity index (χ2n) is 7.91. The van der Waals surface area contributed by atoms with Crippen molar-refractivity contribution in [1.29, 1.82) is 0 Å².